The Morgan fingerprint density at radius 2 is 1.74 bits per heavy atom. The SMILES string of the molecule is CCC1CCC(N(C)S(=O)(=O)N(C)CCCN)CC1. The van der Waals surface area contributed by atoms with Gasteiger partial charge >= 0.3 is 0 Å². The predicted octanol–water partition coefficient (Wildman–Crippen LogP) is 1.41. The first kappa shape index (κ1) is 16.9. The lowest BCUT2D eigenvalue weighted by Crippen LogP contribution is -2.46. The molecule has 0 radical (unpaired) electrons. The van der Waals surface area contributed by atoms with E-state index >= 15 is 0 Å². The van der Waals surface area contributed by atoms with Crippen LogP contribution in [0, 0.1) is 5.92 Å². The third-order valence-corrected chi connectivity index (χ3v) is 6.34. The molecule has 1 aliphatic carbocycles. The van der Waals surface area contributed by atoms with Crippen LogP contribution in [0.5, 0.6) is 0 Å². The van der Waals surface area contributed by atoms with Gasteiger partial charge in [0.05, 0.1) is 0 Å². The summed E-state index contributed by atoms with van der Waals surface area (Å²) >= 11 is 0. The minimum atomic E-state index is -3.32. The van der Waals surface area contributed by atoms with E-state index in [2.05, 4.69) is 6.92 Å². The second-order valence-electron chi connectivity index (χ2n) is 5.57. The van der Waals surface area contributed by atoms with Crippen LogP contribution in [0.25, 0.3) is 0 Å². The molecule has 1 fully saturated rings. The van der Waals surface area contributed by atoms with Crippen LogP contribution in [0.2, 0.25) is 0 Å². The van der Waals surface area contributed by atoms with Crippen LogP contribution >= 0.6 is 0 Å². The summed E-state index contributed by atoms with van der Waals surface area (Å²) in [5, 5.41) is 0. The number of nitrogens with zero attached hydrogens (tertiary/aromatic N) is 2. The Morgan fingerprint density at radius 3 is 2.21 bits per heavy atom. The van der Waals surface area contributed by atoms with E-state index in [9.17, 15) is 8.42 Å². The van der Waals surface area contributed by atoms with E-state index in [1.807, 2.05) is 0 Å². The van der Waals surface area contributed by atoms with E-state index in [1.165, 1.54) is 10.7 Å². The molecule has 0 unspecified atom stereocenters. The van der Waals surface area contributed by atoms with Gasteiger partial charge in [0.2, 0.25) is 0 Å². The Labute approximate surface area is 118 Å². The van der Waals surface area contributed by atoms with Crippen LogP contribution in [0.4, 0.5) is 0 Å². The highest BCUT2D eigenvalue weighted by atomic mass is 32.2. The Hall–Kier alpha value is -0.170. The summed E-state index contributed by atoms with van der Waals surface area (Å²) in [6, 6.07) is 0.160. The molecule has 0 aliphatic heterocycles. The van der Waals surface area contributed by atoms with Crippen molar-refractivity contribution >= 4 is 10.2 Å². The van der Waals surface area contributed by atoms with Crippen molar-refractivity contribution in [2.45, 2.75) is 51.5 Å². The summed E-state index contributed by atoms with van der Waals surface area (Å²) in [4.78, 5) is 0. The van der Waals surface area contributed by atoms with Crippen molar-refractivity contribution in [2.24, 2.45) is 11.7 Å². The van der Waals surface area contributed by atoms with Crippen LogP contribution < -0.4 is 5.73 Å². The van der Waals surface area contributed by atoms with Crippen molar-refractivity contribution < 1.29 is 8.42 Å². The molecule has 2 N–H and O–H groups in total. The van der Waals surface area contributed by atoms with Gasteiger partial charge in [0.1, 0.15) is 0 Å². The van der Waals surface area contributed by atoms with Crippen molar-refractivity contribution in [1.29, 1.82) is 0 Å². The van der Waals surface area contributed by atoms with Gasteiger partial charge in [-0.3, -0.25) is 0 Å². The number of nitrogens with two attached hydrogens (primary N) is 1. The molecule has 114 valence electrons. The average molecular weight is 291 g/mol. The second-order valence-corrected chi connectivity index (χ2v) is 7.67. The van der Waals surface area contributed by atoms with Gasteiger partial charge in [-0.15, -0.1) is 0 Å². The zero-order valence-electron chi connectivity index (χ0n) is 12.5. The van der Waals surface area contributed by atoms with E-state index in [-0.39, 0.29) is 6.04 Å². The van der Waals surface area contributed by atoms with Gasteiger partial charge in [-0.25, -0.2) is 0 Å². The highest BCUT2D eigenvalue weighted by Crippen LogP contribution is 2.30. The Morgan fingerprint density at radius 1 is 1.16 bits per heavy atom. The first-order valence-electron chi connectivity index (χ1n) is 7.32. The Kier molecular flexibility index (Phi) is 6.73. The lowest BCUT2D eigenvalue weighted by Gasteiger charge is -2.35. The van der Waals surface area contributed by atoms with Gasteiger partial charge in [0.25, 0.3) is 10.2 Å². The maximum absolute atomic E-state index is 12.4. The van der Waals surface area contributed by atoms with Crippen molar-refractivity contribution in [3.8, 4) is 0 Å². The van der Waals surface area contributed by atoms with E-state index in [4.69, 9.17) is 5.73 Å². The summed E-state index contributed by atoms with van der Waals surface area (Å²) in [5.74, 6) is 0.780. The van der Waals surface area contributed by atoms with E-state index in [1.54, 1.807) is 18.4 Å². The molecule has 0 aromatic carbocycles. The third kappa shape index (κ3) is 4.41. The van der Waals surface area contributed by atoms with Gasteiger partial charge in [-0.05, 0) is 44.6 Å². The molecular formula is C13H29N3O2S. The predicted molar refractivity (Wildman–Crippen MR) is 79.0 cm³/mol. The standard InChI is InChI=1S/C13H29N3O2S/c1-4-12-6-8-13(9-7-12)16(3)19(17,18)15(2)11-5-10-14/h12-13H,4-11,14H2,1-3H3. The molecule has 1 aliphatic rings. The number of hydrogen-bond donors (Lipinski definition) is 1. The summed E-state index contributed by atoms with van der Waals surface area (Å²) < 4.78 is 27.8. The molecular weight excluding hydrogens is 262 g/mol. The average Bonchev–Trinajstić information content (AvgIpc) is 2.43. The van der Waals surface area contributed by atoms with E-state index in [0.29, 0.717) is 19.5 Å². The second kappa shape index (κ2) is 7.57. The molecule has 0 saturated heterocycles. The molecule has 1 saturated carbocycles. The molecule has 19 heavy (non-hydrogen) atoms. The molecule has 0 spiro atoms. The van der Waals surface area contributed by atoms with Crippen molar-refractivity contribution in [3.63, 3.8) is 0 Å². The molecule has 1 rings (SSSR count). The van der Waals surface area contributed by atoms with Crippen molar-refractivity contribution in [1.82, 2.24) is 8.61 Å². The third-order valence-electron chi connectivity index (χ3n) is 4.34. The van der Waals surface area contributed by atoms with Gasteiger partial charge in [-0.1, -0.05) is 13.3 Å². The number of hydrogen-bond acceptors (Lipinski definition) is 3. The van der Waals surface area contributed by atoms with Gasteiger partial charge in [0, 0.05) is 26.7 Å². The molecule has 0 heterocycles. The lowest BCUT2D eigenvalue weighted by atomic mass is 9.85. The normalized spacial score (nSPS) is 25.2. The summed E-state index contributed by atoms with van der Waals surface area (Å²) in [6.07, 6.45) is 6.17. The minimum absolute atomic E-state index is 0.160. The molecule has 5 nitrogen and oxygen atoms in total. The molecule has 0 amide bonds. The van der Waals surface area contributed by atoms with Crippen LogP contribution in [0.1, 0.15) is 45.4 Å². The maximum atomic E-state index is 12.4. The zero-order chi connectivity index (χ0) is 14.5. The molecule has 6 heteroatoms. The van der Waals surface area contributed by atoms with Crippen LogP contribution in [-0.4, -0.2) is 50.3 Å². The Bertz CT molecular complexity index is 351. The molecule has 0 aromatic heterocycles. The first-order chi connectivity index (χ1) is 8.93. The highest BCUT2D eigenvalue weighted by molar-refractivity contribution is 7.86. The first-order valence-corrected chi connectivity index (χ1v) is 8.72. The smallest absolute Gasteiger partial charge is 0.281 e. The maximum Gasteiger partial charge on any atom is 0.281 e. The van der Waals surface area contributed by atoms with Crippen molar-refractivity contribution in [3.05, 3.63) is 0 Å². The van der Waals surface area contributed by atoms with Gasteiger partial charge < -0.3 is 5.73 Å². The number of rotatable bonds is 7. The van der Waals surface area contributed by atoms with Crippen LogP contribution in [0.3, 0.4) is 0 Å². The summed E-state index contributed by atoms with van der Waals surface area (Å²) in [7, 11) is 0.0276. The Balaban J connectivity index is 2.58. The van der Waals surface area contributed by atoms with E-state index < -0.39 is 10.2 Å². The van der Waals surface area contributed by atoms with E-state index in [0.717, 1.165) is 31.6 Å². The quantitative estimate of drug-likeness (QED) is 0.771. The zero-order valence-corrected chi connectivity index (χ0v) is 13.3. The van der Waals surface area contributed by atoms with Crippen molar-refractivity contribution in [2.75, 3.05) is 27.2 Å². The van der Waals surface area contributed by atoms with Crippen LogP contribution in [0.15, 0.2) is 0 Å². The lowest BCUT2D eigenvalue weighted by molar-refractivity contribution is 0.224. The summed E-state index contributed by atoms with van der Waals surface area (Å²) in [6.45, 7) is 3.23. The van der Waals surface area contributed by atoms with Gasteiger partial charge in [-0.2, -0.15) is 17.0 Å². The molecule has 0 bridgehead atoms. The summed E-state index contributed by atoms with van der Waals surface area (Å²) in [5.41, 5.74) is 5.43. The fourth-order valence-electron chi connectivity index (χ4n) is 2.75. The largest absolute Gasteiger partial charge is 0.330 e. The van der Waals surface area contributed by atoms with Gasteiger partial charge in [0.15, 0.2) is 0 Å². The highest BCUT2D eigenvalue weighted by Gasteiger charge is 2.32. The molecule has 0 aromatic rings. The fraction of sp³-hybridized carbons (Fsp3) is 1.00. The van der Waals surface area contributed by atoms with Crippen LogP contribution in [-0.2, 0) is 10.2 Å². The minimum Gasteiger partial charge on any atom is -0.330 e. The molecule has 0 atom stereocenters. The fourth-order valence-corrected chi connectivity index (χ4v) is 4.14. The topological polar surface area (TPSA) is 66.6 Å². The monoisotopic (exact) mass is 291 g/mol.